The number of anilines is 2. The van der Waals surface area contributed by atoms with Gasteiger partial charge < -0.3 is 15.7 Å². The predicted molar refractivity (Wildman–Crippen MR) is 117 cm³/mol. The molecule has 1 unspecified atom stereocenters. The summed E-state index contributed by atoms with van der Waals surface area (Å²) in [4.78, 5) is 12.7. The zero-order chi connectivity index (χ0) is 20.8. The highest BCUT2D eigenvalue weighted by molar-refractivity contribution is 6.11. The summed E-state index contributed by atoms with van der Waals surface area (Å²) < 4.78 is 0. The molecule has 0 aliphatic carbocycles. The first-order chi connectivity index (χ1) is 14.0. The quantitative estimate of drug-likeness (QED) is 0.385. The SMILES string of the molecule is CCC(C)c1ccccc1N/C=C(/C#N)C(=O)Nc1cccc2c(O)cccc12. The molecule has 1 amide bonds. The number of phenolic OH excluding ortho intramolecular Hbond substituents is 1. The van der Waals surface area contributed by atoms with Crippen LogP contribution in [-0.4, -0.2) is 11.0 Å². The van der Waals surface area contributed by atoms with Gasteiger partial charge >= 0.3 is 0 Å². The van der Waals surface area contributed by atoms with Crippen LogP contribution in [0.15, 0.2) is 72.4 Å². The average Bonchev–Trinajstić information content (AvgIpc) is 2.74. The Kier molecular flexibility index (Phi) is 6.16. The molecule has 0 heterocycles. The fourth-order valence-electron chi connectivity index (χ4n) is 3.17. The minimum absolute atomic E-state index is 0.0406. The summed E-state index contributed by atoms with van der Waals surface area (Å²) in [5, 5.41) is 26.7. The number of nitriles is 1. The fourth-order valence-corrected chi connectivity index (χ4v) is 3.17. The zero-order valence-corrected chi connectivity index (χ0v) is 16.4. The van der Waals surface area contributed by atoms with Gasteiger partial charge in [0.05, 0.1) is 0 Å². The topological polar surface area (TPSA) is 85.2 Å². The Balaban J connectivity index is 1.84. The van der Waals surface area contributed by atoms with E-state index >= 15 is 0 Å². The molecule has 0 radical (unpaired) electrons. The number of aromatic hydroxyl groups is 1. The number of phenols is 1. The molecule has 0 aliphatic heterocycles. The second kappa shape index (κ2) is 8.94. The van der Waals surface area contributed by atoms with Crippen molar-refractivity contribution >= 4 is 28.1 Å². The first kappa shape index (κ1) is 20.0. The number of nitrogens with zero attached hydrogens (tertiary/aromatic N) is 1. The zero-order valence-electron chi connectivity index (χ0n) is 16.4. The van der Waals surface area contributed by atoms with Gasteiger partial charge in [0.15, 0.2) is 0 Å². The number of rotatable bonds is 6. The highest BCUT2D eigenvalue weighted by Gasteiger charge is 2.13. The normalized spacial score (nSPS) is 12.2. The van der Waals surface area contributed by atoms with E-state index in [4.69, 9.17) is 0 Å². The Bertz CT molecular complexity index is 1110. The maximum absolute atomic E-state index is 12.7. The summed E-state index contributed by atoms with van der Waals surface area (Å²) in [6, 6.07) is 20.2. The second-order valence-corrected chi connectivity index (χ2v) is 6.84. The van der Waals surface area contributed by atoms with Crippen LogP contribution in [0, 0.1) is 11.3 Å². The van der Waals surface area contributed by atoms with Gasteiger partial charge in [-0.05, 0) is 36.1 Å². The van der Waals surface area contributed by atoms with Gasteiger partial charge in [-0.1, -0.05) is 56.3 Å². The number of benzene rings is 3. The Hall–Kier alpha value is -3.78. The number of carbonyl (C=O) groups excluding carboxylic acids is 1. The highest BCUT2D eigenvalue weighted by atomic mass is 16.3. The molecule has 0 saturated carbocycles. The Morgan fingerprint density at radius 3 is 2.52 bits per heavy atom. The molecular formula is C24H23N3O2. The summed E-state index contributed by atoms with van der Waals surface area (Å²) in [5.74, 6) is -0.0235. The van der Waals surface area contributed by atoms with E-state index in [1.54, 1.807) is 36.4 Å². The van der Waals surface area contributed by atoms with Crippen LogP contribution in [0.3, 0.4) is 0 Å². The van der Waals surface area contributed by atoms with Crippen LogP contribution >= 0.6 is 0 Å². The van der Waals surface area contributed by atoms with Crippen molar-refractivity contribution in [2.45, 2.75) is 26.2 Å². The number of amides is 1. The van der Waals surface area contributed by atoms with Gasteiger partial charge in [-0.3, -0.25) is 4.79 Å². The number of nitrogens with one attached hydrogen (secondary N) is 2. The Labute approximate surface area is 170 Å². The molecule has 146 valence electrons. The molecule has 0 spiro atoms. The molecule has 29 heavy (non-hydrogen) atoms. The van der Waals surface area contributed by atoms with E-state index in [0.29, 0.717) is 22.4 Å². The number of hydrogen-bond acceptors (Lipinski definition) is 4. The van der Waals surface area contributed by atoms with Crippen LogP contribution in [0.5, 0.6) is 5.75 Å². The Morgan fingerprint density at radius 2 is 1.76 bits per heavy atom. The van der Waals surface area contributed by atoms with Crippen molar-refractivity contribution in [1.82, 2.24) is 0 Å². The molecule has 3 aromatic rings. The van der Waals surface area contributed by atoms with Gasteiger partial charge in [-0.15, -0.1) is 0 Å². The molecule has 3 rings (SSSR count). The summed E-state index contributed by atoms with van der Waals surface area (Å²) in [6.07, 6.45) is 2.42. The number of para-hydroxylation sites is 1. The van der Waals surface area contributed by atoms with E-state index in [9.17, 15) is 15.2 Å². The molecule has 3 aromatic carbocycles. The number of carbonyl (C=O) groups is 1. The van der Waals surface area contributed by atoms with Crippen LogP contribution in [-0.2, 0) is 4.79 Å². The molecular weight excluding hydrogens is 362 g/mol. The van der Waals surface area contributed by atoms with E-state index in [2.05, 4.69) is 24.5 Å². The van der Waals surface area contributed by atoms with Crippen LogP contribution in [0.25, 0.3) is 10.8 Å². The van der Waals surface area contributed by atoms with Crippen molar-refractivity contribution in [3.63, 3.8) is 0 Å². The van der Waals surface area contributed by atoms with E-state index < -0.39 is 5.91 Å². The van der Waals surface area contributed by atoms with Crippen molar-refractivity contribution < 1.29 is 9.90 Å². The molecule has 0 aliphatic rings. The smallest absolute Gasteiger partial charge is 0.267 e. The van der Waals surface area contributed by atoms with E-state index in [1.165, 1.54) is 6.20 Å². The molecule has 0 aromatic heterocycles. The van der Waals surface area contributed by atoms with Gasteiger partial charge in [0, 0.05) is 28.3 Å². The Morgan fingerprint density at radius 1 is 1.07 bits per heavy atom. The third kappa shape index (κ3) is 4.39. The summed E-state index contributed by atoms with van der Waals surface area (Å²) in [5.41, 5.74) is 2.50. The van der Waals surface area contributed by atoms with E-state index in [-0.39, 0.29) is 11.3 Å². The van der Waals surface area contributed by atoms with Gasteiger partial charge in [0.25, 0.3) is 5.91 Å². The van der Waals surface area contributed by atoms with Crippen LogP contribution < -0.4 is 10.6 Å². The molecule has 0 saturated heterocycles. The van der Waals surface area contributed by atoms with Crippen molar-refractivity contribution in [3.05, 3.63) is 78.0 Å². The van der Waals surface area contributed by atoms with Gasteiger partial charge in [-0.25, -0.2) is 0 Å². The van der Waals surface area contributed by atoms with Crippen molar-refractivity contribution in [2.75, 3.05) is 10.6 Å². The van der Waals surface area contributed by atoms with Gasteiger partial charge in [-0.2, -0.15) is 5.26 Å². The van der Waals surface area contributed by atoms with Gasteiger partial charge in [0.1, 0.15) is 17.4 Å². The number of hydrogen-bond donors (Lipinski definition) is 3. The molecule has 0 bridgehead atoms. The maximum Gasteiger partial charge on any atom is 0.267 e. The lowest BCUT2D eigenvalue weighted by Crippen LogP contribution is -2.15. The van der Waals surface area contributed by atoms with Gasteiger partial charge in [0.2, 0.25) is 0 Å². The largest absolute Gasteiger partial charge is 0.507 e. The fraction of sp³-hybridized carbons (Fsp3) is 0.167. The standard InChI is InChI=1S/C24H23N3O2/c1-3-16(2)18-8-4-5-11-21(18)26-15-17(14-25)24(29)27-22-12-6-10-20-19(22)9-7-13-23(20)28/h4-13,15-16,26,28H,3H2,1-2H3,(H,27,29)/b17-15-. The van der Waals surface area contributed by atoms with Crippen molar-refractivity contribution in [2.24, 2.45) is 0 Å². The molecule has 0 fully saturated rings. The van der Waals surface area contributed by atoms with Crippen molar-refractivity contribution in [3.8, 4) is 11.8 Å². The highest BCUT2D eigenvalue weighted by Crippen LogP contribution is 2.30. The van der Waals surface area contributed by atoms with Crippen LogP contribution in [0.1, 0.15) is 31.7 Å². The minimum Gasteiger partial charge on any atom is -0.507 e. The lowest BCUT2D eigenvalue weighted by Gasteiger charge is -2.15. The second-order valence-electron chi connectivity index (χ2n) is 6.84. The lowest BCUT2D eigenvalue weighted by atomic mass is 9.97. The first-order valence-electron chi connectivity index (χ1n) is 9.53. The van der Waals surface area contributed by atoms with E-state index in [0.717, 1.165) is 17.7 Å². The minimum atomic E-state index is -0.517. The first-order valence-corrected chi connectivity index (χ1v) is 9.53. The summed E-state index contributed by atoms with van der Waals surface area (Å²) >= 11 is 0. The number of fused-ring (bicyclic) bond motifs is 1. The van der Waals surface area contributed by atoms with Crippen molar-refractivity contribution in [1.29, 1.82) is 5.26 Å². The average molecular weight is 385 g/mol. The molecule has 1 atom stereocenters. The predicted octanol–water partition coefficient (Wildman–Crippen LogP) is 5.52. The van der Waals surface area contributed by atoms with E-state index in [1.807, 2.05) is 30.3 Å². The maximum atomic E-state index is 12.7. The third-order valence-electron chi connectivity index (χ3n) is 4.99. The van der Waals surface area contributed by atoms with Crippen LogP contribution in [0.2, 0.25) is 0 Å². The summed E-state index contributed by atoms with van der Waals surface area (Å²) in [7, 11) is 0. The lowest BCUT2D eigenvalue weighted by molar-refractivity contribution is -0.112. The monoisotopic (exact) mass is 385 g/mol. The molecule has 3 N–H and O–H groups in total. The molecule has 5 heteroatoms. The third-order valence-corrected chi connectivity index (χ3v) is 4.99. The van der Waals surface area contributed by atoms with Crippen LogP contribution in [0.4, 0.5) is 11.4 Å². The molecule has 5 nitrogen and oxygen atoms in total. The summed E-state index contributed by atoms with van der Waals surface area (Å²) in [6.45, 7) is 4.26.